The second kappa shape index (κ2) is 1.90. The molecule has 1 aliphatic rings. The van der Waals surface area contributed by atoms with Gasteiger partial charge in [0, 0.05) is 0 Å². The molecule has 0 aliphatic carbocycles. The van der Waals surface area contributed by atoms with Gasteiger partial charge in [-0.25, -0.2) is 0 Å². The van der Waals surface area contributed by atoms with Crippen LogP contribution in [0.15, 0.2) is 24.0 Å². The monoisotopic (exact) mass is 112 g/mol. The Labute approximate surface area is 48.4 Å². The van der Waals surface area contributed by atoms with Gasteiger partial charge in [-0.15, -0.1) is 0 Å². The van der Waals surface area contributed by atoms with Gasteiger partial charge in [0.1, 0.15) is 24.0 Å². The van der Waals surface area contributed by atoms with Gasteiger partial charge in [0.05, 0.1) is 0 Å². The minimum Gasteiger partial charge on any atom is -0.463 e. The fourth-order valence-electron chi connectivity index (χ4n) is 0.407. The molecule has 0 unspecified atom stereocenters. The molecule has 0 aromatic rings. The van der Waals surface area contributed by atoms with Crippen LogP contribution >= 0.6 is 0 Å². The van der Waals surface area contributed by atoms with Crippen molar-refractivity contribution < 1.29 is 9.47 Å². The summed E-state index contributed by atoms with van der Waals surface area (Å²) >= 11 is 0. The van der Waals surface area contributed by atoms with Crippen molar-refractivity contribution in [1.82, 2.24) is 0 Å². The zero-order valence-corrected chi connectivity index (χ0v) is 4.97. The second-order valence-electron chi connectivity index (χ2n) is 1.69. The third-order valence-corrected chi connectivity index (χ3v) is 0.822. The van der Waals surface area contributed by atoms with Crippen LogP contribution in [0, 0.1) is 0 Å². The Morgan fingerprint density at radius 2 is 1.38 bits per heavy atom. The molecule has 1 heterocycles. The molecule has 0 saturated heterocycles. The van der Waals surface area contributed by atoms with Crippen molar-refractivity contribution in [2.24, 2.45) is 0 Å². The first kappa shape index (κ1) is 5.22. The van der Waals surface area contributed by atoms with E-state index in [1.807, 2.05) is 13.8 Å². The molecule has 44 valence electrons. The fourth-order valence-corrected chi connectivity index (χ4v) is 0.407. The van der Waals surface area contributed by atoms with Crippen molar-refractivity contribution in [3.05, 3.63) is 24.0 Å². The van der Waals surface area contributed by atoms with Crippen LogP contribution in [0.25, 0.3) is 0 Å². The van der Waals surface area contributed by atoms with E-state index in [4.69, 9.17) is 9.47 Å². The topological polar surface area (TPSA) is 18.5 Å². The molecule has 2 heteroatoms. The first-order valence-corrected chi connectivity index (χ1v) is 2.46. The van der Waals surface area contributed by atoms with Crippen molar-refractivity contribution in [3.63, 3.8) is 0 Å². The fraction of sp³-hybridized carbons (Fsp3) is 0.333. The van der Waals surface area contributed by atoms with Gasteiger partial charge in [0.25, 0.3) is 0 Å². The molecule has 8 heavy (non-hydrogen) atoms. The summed E-state index contributed by atoms with van der Waals surface area (Å²) in [4.78, 5) is 0. The van der Waals surface area contributed by atoms with Crippen LogP contribution in [0.5, 0.6) is 0 Å². The number of hydrogen-bond donors (Lipinski definition) is 0. The summed E-state index contributed by atoms with van der Waals surface area (Å²) in [6, 6.07) is 0. The third-order valence-electron chi connectivity index (χ3n) is 0.822. The SMILES string of the molecule is CC1=COC(C)=CO1. The molecule has 0 aromatic heterocycles. The van der Waals surface area contributed by atoms with E-state index in [0.29, 0.717) is 0 Å². The highest BCUT2D eigenvalue weighted by molar-refractivity contribution is 4.96. The molecule has 0 bridgehead atoms. The maximum Gasteiger partial charge on any atom is 0.135 e. The normalized spacial score (nSPS) is 17.8. The van der Waals surface area contributed by atoms with E-state index >= 15 is 0 Å². The molecule has 1 rings (SSSR count). The lowest BCUT2D eigenvalue weighted by atomic mass is 10.5. The summed E-state index contributed by atoms with van der Waals surface area (Å²) in [6.07, 6.45) is 3.16. The van der Waals surface area contributed by atoms with E-state index in [1.165, 1.54) is 0 Å². The first-order chi connectivity index (χ1) is 3.79. The van der Waals surface area contributed by atoms with Crippen molar-refractivity contribution in [2.75, 3.05) is 0 Å². The summed E-state index contributed by atoms with van der Waals surface area (Å²) in [7, 11) is 0. The van der Waals surface area contributed by atoms with E-state index in [0.717, 1.165) is 11.5 Å². The van der Waals surface area contributed by atoms with E-state index in [9.17, 15) is 0 Å². The van der Waals surface area contributed by atoms with Gasteiger partial charge in [0.15, 0.2) is 0 Å². The summed E-state index contributed by atoms with van der Waals surface area (Å²) in [5, 5.41) is 0. The van der Waals surface area contributed by atoms with Crippen molar-refractivity contribution >= 4 is 0 Å². The molecule has 0 spiro atoms. The van der Waals surface area contributed by atoms with Crippen LogP contribution in [-0.4, -0.2) is 0 Å². The minimum atomic E-state index is 0.788. The van der Waals surface area contributed by atoms with Crippen LogP contribution in [0.4, 0.5) is 0 Å². The lowest BCUT2D eigenvalue weighted by Gasteiger charge is -2.08. The largest absolute Gasteiger partial charge is 0.463 e. The molecule has 1 aliphatic heterocycles. The lowest BCUT2D eigenvalue weighted by Crippen LogP contribution is -1.91. The molecule has 0 N–H and O–H groups in total. The van der Waals surface area contributed by atoms with Gasteiger partial charge >= 0.3 is 0 Å². The van der Waals surface area contributed by atoms with Gasteiger partial charge in [0.2, 0.25) is 0 Å². The van der Waals surface area contributed by atoms with Gasteiger partial charge in [-0.1, -0.05) is 0 Å². The predicted octanol–water partition coefficient (Wildman–Crippen LogP) is 1.76. The molecule has 2 nitrogen and oxygen atoms in total. The smallest absolute Gasteiger partial charge is 0.135 e. The van der Waals surface area contributed by atoms with Gasteiger partial charge in [-0.2, -0.15) is 0 Å². The zero-order chi connectivity index (χ0) is 5.98. The van der Waals surface area contributed by atoms with Crippen LogP contribution < -0.4 is 0 Å². The van der Waals surface area contributed by atoms with Gasteiger partial charge in [-0.3, -0.25) is 0 Å². The Morgan fingerprint density at radius 1 is 1.00 bits per heavy atom. The first-order valence-electron chi connectivity index (χ1n) is 2.46. The van der Waals surface area contributed by atoms with Crippen LogP contribution in [0.2, 0.25) is 0 Å². The summed E-state index contributed by atoms with van der Waals surface area (Å²) in [5.74, 6) is 1.58. The summed E-state index contributed by atoms with van der Waals surface area (Å²) < 4.78 is 9.93. The molecule has 0 atom stereocenters. The van der Waals surface area contributed by atoms with Crippen LogP contribution in [0.1, 0.15) is 13.8 Å². The third kappa shape index (κ3) is 1.03. The highest BCUT2D eigenvalue weighted by Gasteiger charge is 1.96. The summed E-state index contributed by atoms with van der Waals surface area (Å²) in [6.45, 7) is 3.67. The molecule has 0 amide bonds. The zero-order valence-electron chi connectivity index (χ0n) is 4.97. The maximum absolute atomic E-state index is 4.96. The molecule has 0 radical (unpaired) electrons. The number of ether oxygens (including phenoxy) is 2. The number of hydrogen-bond acceptors (Lipinski definition) is 2. The Hall–Kier alpha value is -0.920. The van der Waals surface area contributed by atoms with Gasteiger partial charge < -0.3 is 9.47 Å². The molecule has 0 fully saturated rings. The van der Waals surface area contributed by atoms with Gasteiger partial charge in [-0.05, 0) is 13.8 Å². The average molecular weight is 112 g/mol. The highest BCUT2D eigenvalue weighted by Crippen LogP contribution is 2.08. The number of rotatable bonds is 0. The molecular weight excluding hydrogens is 104 g/mol. The van der Waals surface area contributed by atoms with E-state index in [1.54, 1.807) is 12.5 Å². The van der Waals surface area contributed by atoms with Crippen molar-refractivity contribution in [2.45, 2.75) is 13.8 Å². The highest BCUT2D eigenvalue weighted by atomic mass is 16.5. The Bertz CT molecular complexity index is 127. The minimum absolute atomic E-state index is 0.788. The van der Waals surface area contributed by atoms with E-state index < -0.39 is 0 Å². The molecule has 0 aromatic carbocycles. The Balaban J connectivity index is 2.54. The predicted molar refractivity (Wildman–Crippen MR) is 29.7 cm³/mol. The van der Waals surface area contributed by atoms with Crippen molar-refractivity contribution in [3.8, 4) is 0 Å². The van der Waals surface area contributed by atoms with E-state index in [2.05, 4.69) is 0 Å². The molecule has 0 saturated carbocycles. The van der Waals surface area contributed by atoms with Crippen molar-refractivity contribution in [1.29, 1.82) is 0 Å². The second-order valence-corrected chi connectivity index (χ2v) is 1.69. The molecular formula is C6H8O2. The Kier molecular flexibility index (Phi) is 1.24. The average Bonchev–Trinajstić information content (AvgIpc) is 1.77. The Morgan fingerprint density at radius 3 is 1.62 bits per heavy atom. The maximum atomic E-state index is 4.96. The lowest BCUT2D eigenvalue weighted by molar-refractivity contribution is 0.232. The van der Waals surface area contributed by atoms with Crippen LogP contribution in [0.3, 0.4) is 0 Å². The van der Waals surface area contributed by atoms with Crippen LogP contribution in [-0.2, 0) is 9.47 Å². The number of allylic oxidation sites excluding steroid dienone is 2. The standard InChI is InChI=1S/C6H8O2/c1-5-3-8-6(2)4-7-5/h3-4H,1-2H3. The van der Waals surface area contributed by atoms with E-state index in [-0.39, 0.29) is 0 Å². The quantitative estimate of drug-likeness (QED) is 0.475. The summed E-state index contributed by atoms with van der Waals surface area (Å²) in [5.41, 5.74) is 0.